The van der Waals surface area contributed by atoms with Crippen molar-refractivity contribution in [3.05, 3.63) is 0 Å². The Kier molecular flexibility index (Phi) is 28.9. The normalized spacial score (nSPS) is 10.8. The first kappa shape index (κ1) is 33.1. The van der Waals surface area contributed by atoms with E-state index in [0.29, 0.717) is 26.4 Å². The maximum Gasteiger partial charge on any atom is 0.222 e. The Balaban J connectivity index is 0. The molecule has 1 amide bonds. The van der Waals surface area contributed by atoms with Crippen LogP contribution in [0.25, 0.3) is 0 Å². The first-order valence-corrected chi connectivity index (χ1v) is 12.2. The van der Waals surface area contributed by atoms with Crippen molar-refractivity contribution in [2.45, 2.75) is 72.3 Å². The quantitative estimate of drug-likeness (QED) is 0.189. The van der Waals surface area contributed by atoms with Gasteiger partial charge in [-0.2, -0.15) is 0 Å². The first-order valence-electron chi connectivity index (χ1n) is 12.2. The summed E-state index contributed by atoms with van der Waals surface area (Å²) in [7, 11) is 1.98. The van der Waals surface area contributed by atoms with Gasteiger partial charge in [-0.15, -0.1) is 0 Å². The predicted octanol–water partition coefficient (Wildman–Crippen LogP) is 2.98. The van der Waals surface area contributed by atoms with Gasteiger partial charge in [-0.1, -0.05) is 13.8 Å². The summed E-state index contributed by atoms with van der Waals surface area (Å²) in [6, 6.07) is 0. The van der Waals surface area contributed by atoms with Crippen molar-refractivity contribution in [1.82, 2.24) is 10.6 Å². The molecule has 0 atom stereocenters. The van der Waals surface area contributed by atoms with Gasteiger partial charge in [-0.25, -0.2) is 0 Å². The van der Waals surface area contributed by atoms with Crippen molar-refractivity contribution >= 4 is 12.2 Å². The van der Waals surface area contributed by atoms with Crippen LogP contribution in [0.4, 0.5) is 0 Å². The third-order valence-corrected chi connectivity index (χ3v) is 4.25. The molecule has 0 fully saturated rings. The van der Waals surface area contributed by atoms with Crippen LogP contribution in [0, 0.1) is 5.92 Å². The van der Waals surface area contributed by atoms with E-state index < -0.39 is 0 Å². The summed E-state index contributed by atoms with van der Waals surface area (Å²) < 4.78 is 21.3. The average Bonchev–Trinajstić information content (AvgIpc) is 2.77. The Hall–Kier alpha value is -1.06. The molecule has 0 unspecified atom stereocenters. The van der Waals surface area contributed by atoms with Gasteiger partial charge in [0, 0.05) is 25.7 Å². The summed E-state index contributed by atoms with van der Waals surface area (Å²) in [6.45, 7) is 13.8. The second-order valence-electron chi connectivity index (χ2n) is 8.06. The molecule has 8 nitrogen and oxygen atoms in total. The van der Waals surface area contributed by atoms with Crippen LogP contribution >= 0.6 is 0 Å². The Morgan fingerprint density at radius 2 is 1.25 bits per heavy atom. The molecule has 2 N–H and O–H groups in total. The largest absolute Gasteiger partial charge is 0.379 e. The molecule has 0 aromatic rings. The molecule has 0 aliphatic carbocycles. The Labute approximate surface area is 196 Å². The van der Waals surface area contributed by atoms with Gasteiger partial charge in [0.05, 0.1) is 32.5 Å². The van der Waals surface area contributed by atoms with E-state index in [1.54, 1.807) is 0 Å². The molecule has 0 saturated carbocycles. The summed E-state index contributed by atoms with van der Waals surface area (Å²) in [5.41, 5.74) is 0. The first-order chi connectivity index (χ1) is 15.5. The Bertz CT molecular complexity index is 395. The van der Waals surface area contributed by atoms with Crippen molar-refractivity contribution < 1.29 is 28.5 Å². The molecular formula is C24H50N2O6. The van der Waals surface area contributed by atoms with Crippen molar-refractivity contribution in [3.8, 4) is 0 Å². The van der Waals surface area contributed by atoms with E-state index in [1.807, 2.05) is 34.7 Å². The monoisotopic (exact) mass is 462 g/mol. The van der Waals surface area contributed by atoms with Crippen molar-refractivity contribution in [2.24, 2.45) is 5.92 Å². The number of nitrogens with one attached hydrogen (secondary N) is 2. The number of hydrogen-bond donors (Lipinski definition) is 2. The molecule has 0 radical (unpaired) electrons. The molecule has 0 aliphatic heterocycles. The summed E-state index contributed by atoms with van der Waals surface area (Å²) in [4.78, 5) is 20.9. The van der Waals surface area contributed by atoms with Gasteiger partial charge in [0.1, 0.15) is 12.9 Å². The van der Waals surface area contributed by atoms with Crippen LogP contribution < -0.4 is 10.6 Å². The van der Waals surface area contributed by atoms with Crippen LogP contribution in [-0.2, 0) is 28.5 Å². The van der Waals surface area contributed by atoms with Crippen LogP contribution in [0.1, 0.15) is 66.2 Å². The van der Waals surface area contributed by atoms with Gasteiger partial charge in [0.15, 0.2) is 0 Å². The molecule has 0 aromatic carbocycles. The molecular weight excluding hydrogens is 412 g/mol. The molecule has 192 valence electrons. The van der Waals surface area contributed by atoms with Gasteiger partial charge in [0.25, 0.3) is 0 Å². The highest BCUT2D eigenvalue weighted by molar-refractivity contribution is 5.77. The standard InChI is InChI=1S/C19H40N2O4.C5H10O2/c1-18(2)19(22)21-11-7-5-9-13-24-15-17-25-16-14-23-12-8-4-6-10-20-3;1-5(2)7-4-3-6/h18,20H,4-17H2,1-3H3,(H,21,22);3,5H,4H2,1-2H3. The molecule has 32 heavy (non-hydrogen) atoms. The molecule has 0 rings (SSSR count). The maximum absolute atomic E-state index is 11.4. The Morgan fingerprint density at radius 1 is 0.750 bits per heavy atom. The lowest BCUT2D eigenvalue weighted by Gasteiger charge is -2.08. The van der Waals surface area contributed by atoms with Gasteiger partial charge < -0.3 is 34.4 Å². The Morgan fingerprint density at radius 3 is 1.66 bits per heavy atom. The zero-order chi connectivity index (χ0) is 24.3. The highest BCUT2D eigenvalue weighted by Crippen LogP contribution is 1.97. The van der Waals surface area contributed by atoms with E-state index in [0.717, 1.165) is 58.3 Å². The van der Waals surface area contributed by atoms with Crippen molar-refractivity contribution in [1.29, 1.82) is 0 Å². The summed E-state index contributed by atoms with van der Waals surface area (Å²) in [6.07, 6.45) is 7.55. The molecule has 0 heterocycles. The number of ether oxygens (including phenoxy) is 4. The lowest BCUT2D eigenvalue weighted by molar-refractivity contribution is -0.124. The van der Waals surface area contributed by atoms with Gasteiger partial charge in [0.2, 0.25) is 5.91 Å². The highest BCUT2D eigenvalue weighted by Gasteiger charge is 2.04. The fourth-order valence-corrected chi connectivity index (χ4v) is 2.38. The number of aldehydes is 1. The minimum Gasteiger partial charge on any atom is -0.379 e. The average molecular weight is 463 g/mol. The lowest BCUT2D eigenvalue weighted by Crippen LogP contribution is -2.28. The zero-order valence-corrected chi connectivity index (χ0v) is 21.3. The molecule has 0 aliphatic rings. The third-order valence-electron chi connectivity index (χ3n) is 4.25. The molecule has 0 bridgehead atoms. The molecule has 8 heteroatoms. The number of unbranched alkanes of at least 4 members (excludes halogenated alkanes) is 4. The van der Waals surface area contributed by atoms with Crippen molar-refractivity contribution in [2.75, 3.05) is 66.4 Å². The minimum absolute atomic E-state index is 0.0667. The molecule has 0 aromatic heterocycles. The molecule has 0 spiro atoms. The fourth-order valence-electron chi connectivity index (χ4n) is 2.38. The number of amides is 1. The van der Waals surface area contributed by atoms with Crippen LogP contribution in [0.15, 0.2) is 0 Å². The predicted molar refractivity (Wildman–Crippen MR) is 129 cm³/mol. The van der Waals surface area contributed by atoms with Crippen molar-refractivity contribution in [3.63, 3.8) is 0 Å². The van der Waals surface area contributed by atoms with Gasteiger partial charge >= 0.3 is 0 Å². The number of carbonyl (C=O) groups is 2. The van der Waals surface area contributed by atoms with Crippen LogP contribution in [-0.4, -0.2) is 84.7 Å². The summed E-state index contributed by atoms with van der Waals surface area (Å²) in [5.74, 6) is 0.197. The van der Waals surface area contributed by atoms with E-state index >= 15 is 0 Å². The van der Waals surface area contributed by atoms with E-state index in [-0.39, 0.29) is 24.5 Å². The second kappa shape index (κ2) is 28.0. The SMILES string of the molecule is CC(C)OCC=O.CNCCCCCOCCOCCOCCCCCNC(=O)C(C)C. The van der Waals surface area contributed by atoms with Crippen LogP contribution in [0.5, 0.6) is 0 Å². The van der Waals surface area contributed by atoms with Gasteiger partial charge in [-0.05, 0) is 66.0 Å². The number of hydrogen-bond acceptors (Lipinski definition) is 7. The third kappa shape index (κ3) is 31.1. The summed E-state index contributed by atoms with van der Waals surface area (Å²) >= 11 is 0. The van der Waals surface area contributed by atoms with E-state index in [9.17, 15) is 9.59 Å². The topological polar surface area (TPSA) is 95.1 Å². The minimum atomic E-state index is 0.0667. The maximum atomic E-state index is 11.4. The number of rotatable bonds is 22. The summed E-state index contributed by atoms with van der Waals surface area (Å²) in [5, 5.41) is 6.06. The van der Waals surface area contributed by atoms with E-state index in [4.69, 9.17) is 18.9 Å². The smallest absolute Gasteiger partial charge is 0.222 e. The second-order valence-corrected chi connectivity index (χ2v) is 8.06. The van der Waals surface area contributed by atoms with E-state index in [2.05, 4.69) is 10.6 Å². The fraction of sp³-hybridized carbons (Fsp3) is 0.917. The highest BCUT2D eigenvalue weighted by atomic mass is 16.5. The lowest BCUT2D eigenvalue weighted by atomic mass is 10.2. The van der Waals surface area contributed by atoms with E-state index in [1.165, 1.54) is 12.8 Å². The van der Waals surface area contributed by atoms with Crippen LogP contribution in [0.3, 0.4) is 0 Å². The van der Waals surface area contributed by atoms with Crippen LogP contribution in [0.2, 0.25) is 0 Å². The van der Waals surface area contributed by atoms with Gasteiger partial charge in [-0.3, -0.25) is 4.79 Å². The zero-order valence-electron chi connectivity index (χ0n) is 21.3. The number of carbonyl (C=O) groups excluding carboxylic acids is 2. The molecule has 0 saturated heterocycles.